The molecule has 0 saturated carbocycles. The first-order chi connectivity index (χ1) is 15.9. The maximum absolute atomic E-state index is 13.2. The first-order valence-corrected chi connectivity index (χ1v) is 12.2. The molecule has 1 N–H and O–H groups in total. The normalized spacial score (nSPS) is 18.6. The largest absolute Gasteiger partial charge is 0.350 e. The highest BCUT2D eigenvalue weighted by molar-refractivity contribution is 14.1. The fourth-order valence-electron chi connectivity index (χ4n) is 4.50. The minimum Gasteiger partial charge on any atom is -0.350 e. The Kier molecular flexibility index (Phi) is 5.92. The molecule has 1 unspecified atom stereocenters. The fraction of sp³-hybridized carbons (Fsp3) is 0.269. The van der Waals surface area contributed by atoms with Gasteiger partial charge in [-0.2, -0.15) is 5.10 Å². The van der Waals surface area contributed by atoms with Crippen LogP contribution in [-0.4, -0.2) is 52.1 Å². The number of nitrogens with one attached hydrogen (secondary N) is 1. The number of benzene rings is 2. The van der Waals surface area contributed by atoms with Crippen LogP contribution in [-0.2, 0) is 0 Å². The van der Waals surface area contributed by atoms with Crippen LogP contribution in [0.4, 0.5) is 0 Å². The van der Waals surface area contributed by atoms with E-state index in [0.717, 1.165) is 45.6 Å². The summed E-state index contributed by atoms with van der Waals surface area (Å²) in [5.74, 6) is -0.152. The van der Waals surface area contributed by atoms with Gasteiger partial charge in [-0.25, -0.2) is 9.50 Å². The van der Waals surface area contributed by atoms with Gasteiger partial charge in [0.25, 0.3) is 5.91 Å². The molecule has 0 spiro atoms. The van der Waals surface area contributed by atoms with Crippen molar-refractivity contribution in [1.82, 2.24) is 24.8 Å². The highest BCUT2D eigenvalue weighted by Crippen LogP contribution is 2.30. The SMILES string of the molecule is CN1CCC(C)(CNC(=O)c2nn3c(-c4ccccc4)cc(-c4ccccc4)nc3c2I)C1. The van der Waals surface area contributed by atoms with E-state index in [1.165, 1.54) is 0 Å². The van der Waals surface area contributed by atoms with Crippen LogP contribution in [0.25, 0.3) is 28.2 Å². The molecule has 2 aromatic heterocycles. The molecule has 0 bridgehead atoms. The van der Waals surface area contributed by atoms with Crippen molar-refractivity contribution in [2.75, 3.05) is 26.7 Å². The maximum Gasteiger partial charge on any atom is 0.273 e. The van der Waals surface area contributed by atoms with Crippen LogP contribution >= 0.6 is 22.6 Å². The number of likely N-dealkylation sites (tertiary alicyclic amines) is 1. The van der Waals surface area contributed by atoms with E-state index in [1.807, 2.05) is 54.6 Å². The van der Waals surface area contributed by atoms with Gasteiger partial charge in [0.1, 0.15) is 0 Å². The van der Waals surface area contributed by atoms with Gasteiger partial charge < -0.3 is 10.2 Å². The number of carbonyl (C=O) groups is 1. The smallest absolute Gasteiger partial charge is 0.273 e. The molecule has 7 heteroatoms. The lowest BCUT2D eigenvalue weighted by Crippen LogP contribution is -2.37. The fourth-order valence-corrected chi connectivity index (χ4v) is 5.20. The number of hydrogen-bond acceptors (Lipinski definition) is 4. The van der Waals surface area contributed by atoms with Gasteiger partial charge in [0.15, 0.2) is 11.3 Å². The first-order valence-electron chi connectivity index (χ1n) is 11.1. The molecule has 1 aliphatic rings. The van der Waals surface area contributed by atoms with Gasteiger partial charge in [-0.15, -0.1) is 0 Å². The van der Waals surface area contributed by atoms with Crippen molar-refractivity contribution in [3.8, 4) is 22.5 Å². The molecule has 168 valence electrons. The van der Waals surface area contributed by atoms with E-state index in [1.54, 1.807) is 4.52 Å². The molecule has 33 heavy (non-hydrogen) atoms. The number of carbonyl (C=O) groups excluding carboxylic acids is 1. The Morgan fingerprint density at radius 1 is 1.09 bits per heavy atom. The molecule has 0 aliphatic carbocycles. The van der Waals surface area contributed by atoms with Crippen LogP contribution in [0.1, 0.15) is 23.8 Å². The number of rotatable bonds is 5. The van der Waals surface area contributed by atoms with Crippen LogP contribution < -0.4 is 5.32 Å². The van der Waals surface area contributed by atoms with Crippen molar-refractivity contribution < 1.29 is 4.79 Å². The summed E-state index contributed by atoms with van der Waals surface area (Å²) in [6, 6.07) is 22.2. The maximum atomic E-state index is 13.2. The van der Waals surface area contributed by atoms with Gasteiger partial charge in [0.05, 0.1) is 15.0 Å². The van der Waals surface area contributed by atoms with Crippen LogP contribution in [0.3, 0.4) is 0 Å². The third-order valence-electron chi connectivity index (χ3n) is 6.31. The van der Waals surface area contributed by atoms with E-state index in [9.17, 15) is 4.79 Å². The second-order valence-electron chi connectivity index (χ2n) is 9.14. The molecule has 1 atom stereocenters. The summed E-state index contributed by atoms with van der Waals surface area (Å²) >= 11 is 2.20. The molecule has 1 aliphatic heterocycles. The monoisotopic (exact) mass is 551 g/mol. The lowest BCUT2D eigenvalue weighted by atomic mass is 9.90. The minimum absolute atomic E-state index is 0.0862. The van der Waals surface area contributed by atoms with E-state index < -0.39 is 0 Å². The van der Waals surface area contributed by atoms with Crippen LogP contribution in [0.15, 0.2) is 66.7 Å². The van der Waals surface area contributed by atoms with Crippen molar-refractivity contribution in [3.63, 3.8) is 0 Å². The zero-order chi connectivity index (χ0) is 23.0. The van der Waals surface area contributed by atoms with Gasteiger partial charge in [0.2, 0.25) is 0 Å². The van der Waals surface area contributed by atoms with E-state index in [0.29, 0.717) is 17.9 Å². The third kappa shape index (κ3) is 4.39. The molecule has 0 radical (unpaired) electrons. The molecular formula is C26H26IN5O. The molecule has 1 saturated heterocycles. The molecule has 4 aromatic rings. The van der Waals surface area contributed by atoms with Gasteiger partial charge in [-0.3, -0.25) is 4.79 Å². The van der Waals surface area contributed by atoms with E-state index in [4.69, 9.17) is 10.1 Å². The number of halogens is 1. The minimum atomic E-state index is -0.152. The lowest BCUT2D eigenvalue weighted by molar-refractivity contribution is 0.0928. The van der Waals surface area contributed by atoms with E-state index in [-0.39, 0.29) is 11.3 Å². The standard InChI is InChI=1S/C26H26IN5O/c1-26(13-14-31(2)17-26)16-28-25(33)23-22(27)24-29-20(18-9-5-3-6-10-18)15-21(32(24)30-23)19-11-7-4-8-12-19/h3-12,15H,13-14,16-17H2,1-2H3,(H,28,33). The first kappa shape index (κ1) is 22.0. The zero-order valence-electron chi connectivity index (χ0n) is 18.8. The number of hydrogen-bond donors (Lipinski definition) is 1. The molecule has 1 amide bonds. The predicted molar refractivity (Wildman–Crippen MR) is 139 cm³/mol. The van der Waals surface area contributed by atoms with Gasteiger partial charge in [0, 0.05) is 24.2 Å². The Morgan fingerprint density at radius 2 is 1.76 bits per heavy atom. The highest BCUT2D eigenvalue weighted by atomic mass is 127. The second kappa shape index (κ2) is 8.87. The Hall–Kier alpha value is -2.78. The summed E-state index contributed by atoms with van der Waals surface area (Å²) < 4.78 is 2.55. The third-order valence-corrected chi connectivity index (χ3v) is 7.30. The Bertz CT molecular complexity index is 1300. The second-order valence-corrected chi connectivity index (χ2v) is 10.2. The molecule has 2 aromatic carbocycles. The quantitative estimate of drug-likeness (QED) is 0.364. The number of aromatic nitrogens is 3. The average Bonchev–Trinajstić information content (AvgIpc) is 3.37. The summed E-state index contributed by atoms with van der Waals surface area (Å²) in [5, 5.41) is 7.87. The van der Waals surface area contributed by atoms with Crippen LogP contribution in [0.5, 0.6) is 0 Å². The van der Waals surface area contributed by atoms with Crippen molar-refractivity contribution in [1.29, 1.82) is 0 Å². The van der Waals surface area contributed by atoms with Gasteiger partial charge in [-0.05, 0) is 54.1 Å². The number of fused-ring (bicyclic) bond motifs is 1. The lowest BCUT2D eigenvalue weighted by Gasteiger charge is -2.23. The summed E-state index contributed by atoms with van der Waals surface area (Å²) in [6.45, 7) is 4.90. The summed E-state index contributed by atoms with van der Waals surface area (Å²) in [4.78, 5) is 20.4. The Balaban J connectivity index is 1.56. The van der Waals surface area contributed by atoms with E-state index >= 15 is 0 Å². The predicted octanol–water partition coefficient (Wildman–Crippen LogP) is 4.74. The van der Waals surface area contributed by atoms with Gasteiger partial charge >= 0.3 is 0 Å². The Morgan fingerprint density at radius 3 is 2.39 bits per heavy atom. The molecule has 1 fully saturated rings. The number of nitrogens with zero attached hydrogens (tertiary/aromatic N) is 4. The Labute approximate surface area is 207 Å². The van der Waals surface area contributed by atoms with Crippen LogP contribution in [0, 0.1) is 8.99 Å². The topological polar surface area (TPSA) is 62.5 Å². The molecule has 5 rings (SSSR count). The molecule has 3 heterocycles. The number of amides is 1. The zero-order valence-corrected chi connectivity index (χ0v) is 20.9. The summed E-state index contributed by atoms with van der Waals surface area (Å²) in [6.07, 6.45) is 1.08. The van der Waals surface area contributed by atoms with Crippen molar-refractivity contribution in [2.24, 2.45) is 5.41 Å². The highest BCUT2D eigenvalue weighted by Gasteiger charge is 2.33. The van der Waals surface area contributed by atoms with Crippen molar-refractivity contribution >= 4 is 34.1 Å². The summed E-state index contributed by atoms with van der Waals surface area (Å²) in [5.41, 5.74) is 5.00. The summed E-state index contributed by atoms with van der Waals surface area (Å²) in [7, 11) is 2.12. The molecular weight excluding hydrogens is 525 g/mol. The van der Waals surface area contributed by atoms with Gasteiger partial charge in [-0.1, -0.05) is 67.6 Å². The van der Waals surface area contributed by atoms with Crippen LogP contribution in [0.2, 0.25) is 0 Å². The average molecular weight is 551 g/mol. The van der Waals surface area contributed by atoms with Crippen molar-refractivity contribution in [3.05, 3.63) is 76.0 Å². The van der Waals surface area contributed by atoms with E-state index in [2.05, 4.69) is 58.9 Å². The molecule has 6 nitrogen and oxygen atoms in total. The van der Waals surface area contributed by atoms with Crippen molar-refractivity contribution in [2.45, 2.75) is 13.3 Å².